The molecule has 2 aromatic rings. The van der Waals surface area contributed by atoms with Crippen LogP contribution in [0.5, 0.6) is 0 Å². The number of hydrogen-bond acceptors (Lipinski definition) is 4. The van der Waals surface area contributed by atoms with Crippen molar-refractivity contribution in [3.05, 3.63) is 53.6 Å². The Morgan fingerprint density at radius 3 is 2.37 bits per heavy atom. The van der Waals surface area contributed by atoms with Crippen molar-refractivity contribution in [2.45, 2.75) is 37.5 Å². The van der Waals surface area contributed by atoms with Gasteiger partial charge in [-0.05, 0) is 48.2 Å². The number of hydrogen-bond donors (Lipinski definition) is 1. The Labute approximate surface area is 176 Å². The summed E-state index contributed by atoms with van der Waals surface area (Å²) in [6, 6.07) is 12.6. The number of carbonyl (C=O) groups excluding carboxylic acids is 2. The molecule has 7 nitrogen and oxygen atoms in total. The minimum Gasteiger partial charge on any atom is -0.312 e. The fraction of sp³-hybridized carbons (Fsp3) is 0.364. The number of para-hydroxylation sites is 1. The van der Waals surface area contributed by atoms with Gasteiger partial charge in [-0.2, -0.15) is 0 Å². The zero-order valence-electron chi connectivity index (χ0n) is 16.9. The van der Waals surface area contributed by atoms with Gasteiger partial charge in [-0.1, -0.05) is 25.1 Å². The van der Waals surface area contributed by atoms with Crippen LogP contribution in [0.2, 0.25) is 0 Å². The lowest BCUT2D eigenvalue weighted by atomic mass is 10.2. The summed E-state index contributed by atoms with van der Waals surface area (Å²) in [4.78, 5) is 28.2. The van der Waals surface area contributed by atoms with Gasteiger partial charge < -0.3 is 9.80 Å². The van der Waals surface area contributed by atoms with Gasteiger partial charge in [0, 0.05) is 43.9 Å². The molecule has 0 saturated heterocycles. The van der Waals surface area contributed by atoms with E-state index in [-0.39, 0.29) is 29.7 Å². The molecule has 0 atom stereocenters. The second-order valence-corrected chi connectivity index (χ2v) is 9.28. The normalized spacial score (nSPS) is 15.2. The molecule has 4 rings (SSSR count). The highest BCUT2D eigenvalue weighted by Crippen LogP contribution is 2.31. The number of fused-ring (bicyclic) bond motifs is 2. The zero-order valence-corrected chi connectivity index (χ0v) is 17.7. The summed E-state index contributed by atoms with van der Waals surface area (Å²) in [6.45, 7) is 3.05. The number of sulfonamides is 1. The Morgan fingerprint density at radius 2 is 1.60 bits per heavy atom. The van der Waals surface area contributed by atoms with Gasteiger partial charge in [0.25, 0.3) is 0 Å². The topological polar surface area (TPSA) is 86.8 Å². The number of amides is 2. The average molecular weight is 428 g/mol. The first-order valence-electron chi connectivity index (χ1n) is 10.2. The summed E-state index contributed by atoms with van der Waals surface area (Å²) in [5.74, 6) is -0.0604. The SMILES string of the molecule is CCC(=O)N1CCc2cc(S(=O)(=O)NCCC(=O)N3CCc4ccccc43)ccc21. The van der Waals surface area contributed by atoms with Crippen LogP contribution < -0.4 is 14.5 Å². The van der Waals surface area contributed by atoms with Crippen molar-refractivity contribution in [3.63, 3.8) is 0 Å². The summed E-state index contributed by atoms with van der Waals surface area (Å²) in [7, 11) is -3.73. The van der Waals surface area contributed by atoms with Crippen LogP contribution in [0.1, 0.15) is 30.9 Å². The molecule has 2 aliphatic heterocycles. The maximum Gasteiger partial charge on any atom is 0.240 e. The molecule has 158 valence electrons. The summed E-state index contributed by atoms with van der Waals surface area (Å²) in [5.41, 5.74) is 3.68. The van der Waals surface area contributed by atoms with Crippen LogP contribution in [-0.4, -0.2) is 39.9 Å². The minimum atomic E-state index is -3.73. The Kier molecular flexibility index (Phi) is 5.62. The van der Waals surface area contributed by atoms with Gasteiger partial charge in [-0.15, -0.1) is 0 Å². The monoisotopic (exact) mass is 427 g/mol. The summed E-state index contributed by atoms with van der Waals surface area (Å²) in [5, 5.41) is 0. The Hall–Kier alpha value is -2.71. The highest BCUT2D eigenvalue weighted by Gasteiger charge is 2.27. The standard InChI is InChI=1S/C22H25N3O4S/c1-2-21(26)24-14-11-17-15-18(7-8-20(17)24)30(28,29)23-12-9-22(27)25-13-10-16-5-3-4-6-19(16)25/h3-8,15,23H,2,9-14H2,1H3. The van der Waals surface area contributed by atoms with E-state index in [1.165, 1.54) is 6.07 Å². The Balaban J connectivity index is 1.39. The summed E-state index contributed by atoms with van der Waals surface area (Å²) in [6.07, 6.45) is 1.96. The molecule has 0 aliphatic carbocycles. The van der Waals surface area contributed by atoms with Crippen LogP contribution in [0.4, 0.5) is 11.4 Å². The number of nitrogens with zero attached hydrogens (tertiary/aromatic N) is 2. The van der Waals surface area contributed by atoms with E-state index in [1.54, 1.807) is 21.9 Å². The van der Waals surface area contributed by atoms with E-state index in [9.17, 15) is 18.0 Å². The van der Waals surface area contributed by atoms with Crippen molar-refractivity contribution >= 4 is 33.2 Å². The second kappa shape index (κ2) is 8.20. The van der Waals surface area contributed by atoms with Gasteiger partial charge in [0.05, 0.1) is 4.90 Å². The van der Waals surface area contributed by atoms with Crippen LogP contribution in [0, 0.1) is 0 Å². The molecule has 0 fully saturated rings. The first-order valence-corrected chi connectivity index (χ1v) is 11.7. The molecule has 1 N–H and O–H groups in total. The summed E-state index contributed by atoms with van der Waals surface area (Å²) >= 11 is 0. The molecule has 30 heavy (non-hydrogen) atoms. The Morgan fingerprint density at radius 1 is 0.933 bits per heavy atom. The van der Waals surface area contributed by atoms with Crippen LogP contribution in [0.3, 0.4) is 0 Å². The number of anilines is 2. The highest BCUT2D eigenvalue weighted by molar-refractivity contribution is 7.89. The van der Waals surface area contributed by atoms with Crippen molar-refractivity contribution in [2.24, 2.45) is 0 Å². The number of carbonyl (C=O) groups is 2. The number of benzene rings is 2. The average Bonchev–Trinajstić information content (AvgIpc) is 3.37. The van der Waals surface area contributed by atoms with E-state index in [2.05, 4.69) is 4.72 Å². The van der Waals surface area contributed by atoms with Gasteiger partial charge in [0.2, 0.25) is 21.8 Å². The van der Waals surface area contributed by atoms with Gasteiger partial charge in [-0.25, -0.2) is 13.1 Å². The smallest absolute Gasteiger partial charge is 0.240 e. The minimum absolute atomic E-state index is 0.0319. The molecule has 0 aromatic heterocycles. The third-order valence-corrected chi connectivity index (χ3v) is 7.14. The van der Waals surface area contributed by atoms with Crippen molar-refractivity contribution in [1.29, 1.82) is 0 Å². The van der Waals surface area contributed by atoms with Crippen LogP contribution >= 0.6 is 0 Å². The fourth-order valence-electron chi connectivity index (χ4n) is 4.10. The quantitative estimate of drug-likeness (QED) is 0.766. The maximum atomic E-state index is 12.7. The van der Waals surface area contributed by atoms with E-state index in [0.29, 0.717) is 25.9 Å². The molecule has 0 bridgehead atoms. The summed E-state index contributed by atoms with van der Waals surface area (Å²) < 4.78 is 27.9. The molecule has 2 aromatic carbocycles. The maximum absolute atomic E-state index is 12.7. The number of nitrogens with one attached hydrogen (secondary N) is 1. The predicted octanol–water partition coefficient (Wildman–Crippen LogP) is 2.24. The van der Waals surface area contributed by atoms with Gasteiger partial charge >= 0.3 is 0 Å². The highest BCUT2D eigenvalue weighted by atomic mass is 32.2. The molecule has 0 saturated carbocycles. The van der Waals surface area contributed by atoms with Crippen LogP contribution in [-0.2, 0) is 32.5 Å². The van der Waals surface area contributed by atoms with Crippen molar-refractivity contribution in [1.82, 2.24) is 4.72 Å². The molecule has 8 heteroatoms. The molecule has 2 amide bonds. The second-order valence-electron chi connectivity index (χ2n) is 7.51. The zero-order chi connectivity index (χ0) is 21.3. The lowest BCUT2D eigenvalue weighted by Crippen LogP contribution is -2.33. The molecule has 0 radical (unpaired) electrons. The lowest BCUT2D eigenvalue weighted by molar-refractivity contribution is -0.119. The van der Waals surface area contributed by atoms with Crippen LogP contribution in [0.25, 0.3) is 0 Å². The first-order chi connectivity index (χ1) is 14.4. The predicted molar refractivity (Wildman–Crippen MR) is 115 cm³/mol. The van der Waals surface area contributed by atoms with Gasteiger partial charge in [0.15, 0.2) is 0 Å². The first kappa shape index (κ1) is 20.6. The molecule has 0 unspecified atom stereocenters. The molecular formula is C22H25N3O4S. The van der Waals surface area contributed by atoms with E-state index in [4.69, 9.17) is 0 Å². The third-order valence-electron chi connectivity index (χ3n) is 5.68. The van der Waals surface area contributed by atoms with E-state index < -0.39 is 10.0 Å². The van der Waals surface area contributed by atoms with Crippen molar-refractivity contribution in [3.8, 4) is 0 Å². The fourth-order valence-corrected chi connectivity index (χ4v) is 5.19. The van der Waals surface area contributed by atoms with Crippen molar-refractivity contribution < 1.29 is 18.0 Å². The lowest BCUT2D eigenvalue weighted by Gasteiger charge is -2.18. The third kappa shape index (κ3) is 3.85. The van der Waals surface area contributed by atoms with Gasteiger partial charge in [0.1, 0.15) is 0 Å². The number of rotatable bonds is 6. The largest absolute Gasteiger partial charge is 0.312 e. The van der Waals surface area contributed by atoms with E-state index >= 15 is 0 Å². The van der Waals surface area contributed by atoms with E-state index in [1.807, 2.05) is 31.2 Å². The molecule has 2 heterocycles. The van der Waals surface area contributed by atoms with Gasteiger partial charge in [-0.3, -0.25) is 9.59 Å². The van der Waals surface area contributed by atoms with Crippen LogP contribution in [0.15, 0.2) is 47.4 Å². The van der Waals surface area contributed by atoms with E-state index in [0.717, 1.165) is 28.9 Å². The molecule has 0 spiro atoms. The molecule has 2 aliphatic rings. The molecular weight excluding hydrogens is 402 g/mol. The van der Waals surface area contributed by atoms with Crippen molar-refractivity contribution in [2.75, 3.05) is 29.4 Å². The Bertz CT molecular complexity index is 1100.